The first-order chi connectivity index (χ1) is 8.87. The van der Waals surface area contributed by atoms with Crippen LogP contribution in [0.25, 0.3) is 0 Å². The van der Waals surface area contributed by atoms with Gasteiger partial charge >= 0.3 is 6.18 Å². The van der Waals surface area contributed by atoms with Gasteiger partial charge in [0.15, 0.2) is 0 Å². The molecule has 0 aliphatic carbocycles. The Kier molecular flexibility index (Phi) is 6.53. The molecule has 0 aromatic carbocycles. The van der Waals surface area contributed by atoms with E-state index < -0.39 is 18.6 Å². The minimum atomic E-state index is -4.37. The number of amides is 1. The average Bonchev–Trinajstić information content (AvgIpc) is 2.34. The van der Waals surface area contributed by atoms with Crippen LogP contribution in [-0.2, 0) is 9.53 Å². The molecule has 1 unspecified atom stereocenters. The molecule has 1 atom stereocenters. The number of carbonyl (C=O) groups is 1. The van der Waals surface area contributed by atoms with Crippen molar-refractivity contribution in [1.29, 1.82) is 0 Å². The maximum atomic E-state index is 11.9. The fraction of sp³-hybridized carbons (Fsp3) is 0.909. The predicted molar refractivity (Wildman–Crippen MR) is 63.8 cm³/mol. The van der Waals surface area contributed by atoms with Crippen molar-refractivity contribution in [2.24, 2.45) is 0 Å². The Morgan fingerprint density at radius 1 is 1.37 bits per heavy atom. The summed E-state index contributed by atoms with van der Waals surface area (Å²) in [6.45, 7) is 4.31. The van der Waals surface area contributed by atoms with Gasteiger partial charge in [-0.05, 0) is 6.92 Å². The molecular weight excluding hydrogens is 263 g/mol. The highest BCUT2D eigenvalue weighted by Gasteiger charge is 2.27. The van der Waals surface area contributed by atoms with Gasteiger partial charge in [0.2, 0.25) is 5.91 Å². The van der Waals surface area contributed by atoms with Crippen molar-refractivity contribution in [3.8, 4) is 0 Å². The molecule has 2 N–H and O–H groups in total. The van der Waals surface area contributed by atoms with Crippen molar-refractivity contribution in [2.75, 3.05) is 45.9 Å². The zero-order valence-corrected chi connectivity index (χ0v) is 10.9. The number of nitrogens with one attached hydrogen (secondary N) is 2. The van der Waals surface area contributed by atoms with Gasteiger partial charge in [-0.25, -0.2) is 0 Å². The molecule has 112 valence electrons. The van der Waals surface area contributed by atoms with E-state index in [4.69, 9.17) is 4.74 Å². The van der Waals surface area contributed by atoms with Gasteiger partial charge in [-0.1, -0.05) is 0 Å². The van der Waals surface area contributed by atoms with Crippen LogP contribution in [0.2, 0.25) is 0 Å². The Morgan fingerprint density at radius 3 is 2.58 bits per heavy atom. The summed E-state index contributed by atoms with van der Waals surface area (Å²) in [5.74, 6) is -0.647. The number of halogens is 3. The van der Waals surface area contributed by atoms with Crippen LogP contribution in [0.4, 0.5) is 13.2 Å². The van der Waals surface area contributed by atoms with Crippen LogP contribution in [0, 0.1) is 0 Å². The maximum Gasteiger partial charge on any atom is 0.405 e. The third kappa shape index (κ3) is 8.02. The zero-order valence-electron chi connectivity index (χ0n) is 10.9. The van der Waals surface area contributed by atoms with Gasteiger partial charge in [0.05, 0.1) is 19.8 Å². The summed E-state index contributed by atoms with van der Waals surface area (Å²) >= 11 is 0. The maximum absolute atomic E-state index is 11.9. The highest BCUT2D eigenvalue weighted by atomic mass is 19.4. The third-order valence-corrected chi connectivity index (χ3v) is 2.73. The lowest BCUT2D eigenvalue weighted by Crippen LogP contribution is -2.47. The van der Waals surface area contributed by atoms with E-state index in [1.165, 1.54) is 0 Å². The van der Waals surface area contributed by atoms with Crippen molar-refractivity contribution < 1.29 is 22.7 Å². The second kappa shape index (κ2) is 7.66. The number of nitrogens with zero attached hydrogens (tertiary/aromatic N) is 1. The molecule has 0 spiro atoms. The first-order valence-electron chi connectivity index (χ1n) is 6.24. The molecule has 5 nitrogen and oxygen atoms in total. The highest BCUT2D eigenvalue weighted by Crippen LogP contribution is 2.11. The number of carbonyl (C=O) groups excluding carboxylic acids is 1. The lowest BCUT2D eigenvalue weighted by atomic mass is 10.3. The molecule has 0 aromatic rings. The van der Waals surface area contributed by atoms with Crippen LogP contribution in [-0.4, -0.2) is 69.0 Å². The van der Waals surface area contributed by atoms with Crippen LogP contribution in [0.15, 0.2) is 0 Å². The largest absolute Gasteiger partial charge is 0.405 e. The van der Waals surface area contributed by atoms with E-state index in [0.717, 1.165) is 19.6 Å². The number of morpholine rings is 1. The molecule has 1 fully saturated rings. The highest BCUT2D eigenvalue weighted by molar-refractivity contribution is 5.78. The molecule has 0 radical (unpaired) electrons. The van der Waals surface area contributed by atoms with E-state index in [9.17, 15) is 18.0 Å². The van der Waals surface area contributed by atoms with Crippen molar-refractivity contribution >= 4 is 5.91 Å². The molecule has 1 saturated heterocycles. The van der Waals surface area contributed by atoms with E-state index in [-0.39, 0.29) is 12.6 Å². The monoisotopic (exact) mass is 283 g/mol. The smallest absolute Gasteiger partial charge is 0.379 e. The Hall–Kier alpha value is -0.860. The van der Waals surface area contributed by atoms with Gasteiger partial charge in [-0.2, -0.15) is 13.2 Å². The Balaban J connectivity index is 2.11. The van der Waals surface area contributed by atoms with Gasteiger partial charge in [-0.3, -0.25) is 9.69 Å². The van der Waals surface area contributed by atoms with Crippen LogP contribution >= 0.6 is 0 Å². The molecule has 1 aliphatic rings. The standard InChI is InChI=1S/C11H20F3N3O2/c1-9(7-17-2-4-19-5-3-17)15-6-10(18)16-8-11(12,13)14/h9,15H,2-8H2,1H3,(H,16,18). The second-order valence-corrected chi connectivity index (χ2v) is 4.59. The molecule has 8 heteroatoms. The van der Waals surface area contributed by atoms with Crippen molar-refractivity contribution in [1.82, 2.24) is 15.5 Å². The van der Waals surface area contributed by atoms with Crippen LogP contribution in [0.3, 0.4) is 0 Å². The predicted octanol–water partition coefficient (Wildman–Crippen LogP) is -0.0248. The van der Waals surface area contributed by atoms with Crippen molar-refractivity contribution in [2.45, 2.75) is 19.1 Å². The molecule has 0 aromatic heterocycles. The summed E-state index contributed by atoms with van der Waals surface area (Å²) in [6.07, 6.45) is -4.37. The number of ether oxygens (including phenoxy) is 1. The fourth-order valence-electron chi connectivity index (χ4n) is 1.76. The van der Waals surface area contributed by atoms with E-state index in [1.54, 1.807) is 0 Å². The van der Waals surface area contributed by atoms with Crippen LogP contribution in [0.5, 0.6) is 0 Å². The first-order valence-corrected chi connectivity index (χ1v) is 6.24. The molecule has 1 amide bonds. The number of hydrogen-bond acceptors (Lipinski definition) is 4. The quantitative estimate of drug-likeness (QED) is 0.719. The summed E-state index contributed by atoms with van der Waals surface area (Å²) in [5, 5.41) is 4.73. The summed E-state index contributed by atoms with van der Waals surface area (Å²) in [6, 6.07) is 0.0368. The van der Waals surface area contributed by atoms with Crippen molar-refractivity contribution in [3.05, 3.63) is 0 Å². The van der Waals surface area contributed by atoms with Gasteiger partial charge in [0.25, 0.3) is 0 Å². The number of hydrogen-bond donors (Lipinski definition) is 2. The lowest BCUT2D eigenvalue weighted by Gasteiger charge is -2.29. The lowest BCUT2D eigenvalue weighted by molar-refractivity contribution is -0.137. The molecular formula is C11H20F3N3O2. The van der Waals surface area contributed by atoms with Crippen LogP contribution < -0.4 is 10.6 Å². The molecule has 1 heterocycles. The molecule has 1 rings (SSSR count). The Bertz CT molecular complexity index is 281. The van der Waals surface area contributed by atoms with E-state index in [0.29, 0.717) is 13.2 Å². The number of alkyl halides is 3. The Morgan fingerprint density at radius 2 is 2.00 bits per heavy atom. The average molecular weight is 283 g/mol. The summed E-state index contributed by atoms with van der Waals surface area (Å²) in [7, 11) is 0. The van der Waals surface area contributed by atoms with Gasteiger partial charge in [0.1, 0.15) is 6.54 Å². The zero-order chi connectivity index (χ0) is 14.3. The molecule has 0 saturated carbocycles. The number of rotatable bonds is 6. The third-order valence-electron chi connectivity index (χ3n) is 2.73. The summed E-state index contributed by atoms with van der Waals surface area (Å²) in [5.41, 5.74) is 0. The Labute approximate surface area is 110 Å². The topological polar surface area (TPSA) is 53.6 Å². The summed E-state index contributed by atoms with van der Waals surface area (Å²) in [4.78, 5) is 13.4. The van der Waals surface area contributed by atoms with Gasteiger partial charge in [0, 0.05) is 25.7 Å². The fourth-order valence-corrected chi connectivity index (χ4v) is 1.76. The molecule has 0 bridgehead atoms. The van der Waals surface area contributed by atoms with E-state index in [2.05, 4.69) is 10.2 Å². The molecule has 19 heavy (non-hydrogen) atoms. The SMILES string of the molecule is CC(CN1CCOCC1)NCC(=O)NCC(F)(F)F. The minimum absolute atomic E-state index is 0.0368. The summed E-state index contributed by atoms with van der Waals surface area (Å²) < 4.78 is 40.8. The van der Waals surface area contributed by atoms with Crippen LogP contribution in [0.1, 0.15) is 6.92 Å². The van der Waals surface area contributed by atoms with Gasteiger partial charge in [-0.15, -0.1) is 0 Å². The van der Waals surface area contributed by atoms with E-state index in [1.807, 2.05) is 12.2 Å². The van der Waals surface area contributed by atoms with E-state index >= 15 is 0 Å². The van der Waals surface area contributed by atoms with Crippen molar-refractivity contribution in [3.63, 3.8) is 0 Å². The first kappa shape index (κ1) is 16.2. The normalized spacial score (nSPS) is 19.2. The van der Waals surface area contributed by atoms with Gasteiger partial charge < -0.3 is 15.4 Å². The molecule has 1 aliphatic heterocycles. The second-order valence-electron chi connectivity index (χ2n) is 4.59. The minimum Gasteiger partial charge on any atom is -0.379 e.